The predicted octanol–water partition coefficient (Wildman–Crippen LogP) is 4.37. The van der Waals surface area contributed by atoms with Gasteiger partial charge in [0.05, 0.1) is 6.21 Å². The van der Waals surface area contributed by atoms with Gasteiger partial charge in [-0.1, -0.05) is 38.1 Å². The summed E-state index contributed by atoms with van der Waals surface area (Å²) in [5.74, 6) is 0.802. The van der Waals surface area contributed by atoms with Crippen molar-refractivity contribution in [3.63, 3.8) is 0 Å². The Hall–Kier alpha value is -2.27. The molecule has 2 rings (SSSR count). The molecule has 4 nitrogen and oxygen atoms in total. The maximum absolute atomic E-state index is 11.9. The van der Waals surface area contributed by atoms with E-state index in [4.69, 9.17) is 4.74 Å². The van der Waals surface area contributed by atoms with E-state index in [-0.39, 0.29) is 12.5 Å². The molecule has 0 aliphatic heterocycles. The van der Waals surface area contributed by atoms with Crippen molar-refractivity contribution in [3.8, 4) is 5.75 Å². The first-order chi connectivity index (χ1) is 12.0. The predicted molar refractivity (Wildman–Crippen MR) is 105 cm³/mol. The highest BCUT2D eigenvalue weighted by Crippen LogP contribution is 2.27. The minimum atomic E-state index is -0.284. The fourth-order valence-electron chi connectivity index (χ4n) is 2.29. The van der Waals surface area contributed by atoms with E-state index in [0.29, 0.717) is 5.92 Å². The van der Waals surface area contributed by atoms with Crippen LogP contribution in [-0.4, -0.2) is 25.0 Å². The molecule has 5 heteroatoms. The van der Waals surface area contributed by atoms with E-state index in [9.17, 15) is 4.79 Å². The number of thioether (sulfide) groups is 1. The number of amides is 1. The lowest BCUT2D eigenvalue weighted by Crippen LogP contribution is -2.25. The minimum Gasteiger partial charge on any atom is -0.483 e. The van der Waals surface area contributed by atoms with Crippen LogP contribution in [0.5, 0.6) is 5.75 Å². The summed E-state index contributed by atoms with van der Waals surface area (Å²) in [6, 6.07) is 14.0. The quantitative estimate of drug-likeness (QED) is 0.455. The number of ether oxygens (including phenoxy) is 1. The van der Waals surface area contributed by atoms with Gasteiger partial charge in [0.1, 0.15) is 5.75 Å². The first-order valence-corrected chi connectivity index (χ1v) is 9.41. The minimum absolute atomic E-state index is 0.0636. The van der Waals surface area contributed by atoms with Crippen molar-refractivity contribution in [1.29, 1.82) is 0 Å². The molecule has 0 unspecified atom stereocenters. The van der Waals surface area contributed by atoms with E-state index in [2.05, 4.69) is 30.4 Å². The third-order valence-electron chi connectivity index (χ3n) is 3.67. The molecule has 132 valence electrons. The molecular weight excluding hydrogens is 332 g/mol. The number of hydrogen-bond acceptors (Lipinski definition) is 4. The normalized spacial score (nSPS) is 11.1. The highest BCUT2D eigenvalue weighted by Gasteiger charge is 2.09. The van der Waals surface area contributed by atoms with E-state index in [1.54, 1.807) is 18.0 Å². The van der Waals surface area contributed by atoms with Crippen LogP contribution < -0.4 is 10.2 Å². The molecule has 0 aliphatic carbocycles. The summed E-state index contributed by atoms with van der Waals surface area (Å²) in [5, 5.41) is 3.97. The third-order valence-corrected chi connectivity index (χ3v) is 4.41. The van der Waals surface area contributed by atoms with Gasteiger partial charge in [-0.25, -0.2) is 5.43 Å². The second-order valence-electron chi connectivity index (χ2n) is 6.05. The van der Waals surface area contributed by atoms with E-state index >= 15 is 0 Å². The molecule has 0 bridgehead atoms. The first kappa shape index (κ1) is 19.1. The van der Waals surface area contributed by atoms with Crippen LogP contribution in [0.1, 0.15) is 36.5 Å². The van der Waals surface area contributed by atoms with E-state index in [1.807, 2.05) is 49.6 Å². The molecule has 0 aromatic heterocycles. The zero-order valence-corrected chi connectivity index (χ0v) is 15.9. The molecule has 0 radical (unpaired) electrons. The highest BCUT2D eigenvalue weighted by atomic mass is 32.2. The van der Waals surface area contributed by atoms with Crippen LogP contribution in [0.15, 0.2) is 52.5 Å². The van der Waals surface area contributed by atoms with Crippen molar-refractivity contribution in [2.75, 3.05) is 12.9 Å². The molecule has 0 atom stereocenters. The van der Waals surface area contributed by atoms with E-state index in [0.717, 1.165) is 22.4 Å². The van der Waals surface area contributed by atoms with Crippen molar-refractivity contribution in [2.24, 2.45) is 5.10 Å². The third kappa shape index (κ3) is 5.94. The maximum atomic E-state index is 11.9. The van der Waals surface area contributed by atoms with Crippen molar-refractivity contribution in [1.82, 2.24) is 5.43 Å². The average molecular weight is 356 g/mol. The van der Waals surface area contributed by atoms with Crippen LogP contribution in [0.4, 0.5) is 0 Å². The summed E-state index contributed by atoms with van der Waals surface area (Å²) < 4.78 is 5.69. The largest absolute Gasteiger partial charge is 0.483 e. The Labute approximate surface area is 153 Å². The van der Waals surface area contributed by atoms with Gasteiger partial charge in [0.15, 0.2) is 6.61 Å². The molecule has 25 heavy (non-hydrogen) atoms. The Morgan fingerprint density at radius 3 is 2.60 bits per heavy atom. The number of carbonyl (C=O) groups excluding carboxylic acids is 1. The Bertz CT molecular complexity index is 740. The average Bonchev–Trinajstić information content (AvgIpc) is 2.60. The number of nitrogens with one attached hydrogen (secondary N) is 1. The van der Waals surface area contributed by atoms with Gasteiger partial charge in [-0.15, -0.1) is 11.8 Å². The van der Waals surface area contributed by atoms with Gasteiger partial charge in [-0.05, 0) is 54.0 Å². The Morgan fingerprint density at radius 2 is 1.96 bits per heavy atom. The molecular formula is C20H24N2O2S. The lowest BCUT2D eigenvalue weighted by atomic mass is 10.0. The maximum Gasteiger partial charge on any atom is 0.277 e. The molecule has 0 fully saturated rings. The second kappa shape index (κ2) is 9.28. The highest BCUT2D eigenvalue weighted by molar-refractivity contribution is 7.98. The number of carbonyl (C=O) groups is 1. The van der Waals surface area contributed by atoms with Gasteiger partial charge in [-0.2, -0.15) is 5.10 Å². The van der Waals surface area contributed by atoms with Crippen molar-refractivity contribution in [2.45, 2.75) is 31.6 Å². The molecule has 0 heterocycles. The summed E-state index contributed by atoms with van der Waals surface area (Å²) in [6.45, 7) is 6.14. The first-order valence-electron chi connectivity index (χ1n) is 8.19. The van der Waals surface area contributed by atoms with Gasteiger partial charge >= 0.3 is 0 Å². The molecule has 1 amide bonds. The summed E-state index contributed by atoms with van der Waals surface area (Å²) >= 11 is 1.68. The summed E-state index contributed by atoms with van der Waals surface area (Å²) in [7, 11) is 0. The molecule has 0 saturated carbocycles. The van der Waals surface area contributed by atoms with Crippen LogP contribution in [-0.2, 0) is 4.79 Å². The lowest BCUT2D eigenvalue weighted by Gasteiger charge is -2.14. The molecule has 0 spiro atoms. The Balaban J connectivity index is 1.88. The standard InChI is InChI=1S/C20H24N2O2S/c1-14(2)18-10-5-15(3)11-19(18)24-13-20(23)22-21-12-16-6-8-17(25-4)9-7-16/h5-12,14H,13H2,1-4H3,(H,22,23). The molecule has 1 N–H and O–H groups in total. The lowest BCUT2D eigenvalue weighted by molar-refractivity contribution is -0.123. The number of nitrogens with zero attached hydrogens (tertiary/aromatic N) is 1. The number of rotatable bonds is 7. The number of hydrogen-bond donors (Lipinski definition) is 1. The second-order valence-corrected chi connectivity index (χ2v) is 6.93. The smallest absolute Gasteiger partial charge is 0.277 e. The summed E-state index contributed by atoms with van der Waals surface area (Å²) in [4.78, 5) is 13.1. The van der Waals surface area contributed by atoms with Gasteiger partial charge < -0.3 is 4.74 Å². The fraction of sp³-hybridized carbons (Fsp3) is 0.300. The SMILES string of the molecule is CSc1ccc(C=NNC(=O)COc2cc(C)ccc2C(C)C)cc1. The van der Waals surface area contributed by atoms with Crippen LogP contribution in [0.25, 0.3) is 0 Å². The molecule has 0 saturated heterocycles. The van der Waals surface area contributed by atoms with Gasteiger partial charge in [0.25, 0.3) is 5.91 Å². The Kier molecular flexibility index (Phi) is 7.07. The monoisotopic (exact) mass is 356 g/mol. The van der Waals surface area contributed by atoms with Crippen LogP contribution in [0, 0.1) is 6.92 Å². The molecule has 2 aromatic rings. The van der Waals surface area contributed by atoms with Crippen molar-refractivity contribution in [3.05, 3.63) is 59.2 Å². The van der Waals surface area contributed by atoms with Crippen molar-refractivity contribution < 1.29 is 9.53 Å². The Morgan fingerprint density at radius 1 is 1.24 bits per heavy atom. The van der Waals surface area contributed by atoms with Gasteiger partial charge in [0.2, 0.25) is 0 Å². The topological polar surface area (TPSA) is 50.7 Å². The summed E-state index contributed by atoms with van der Waals surface area (Å²) in [6.07, 6.45) is 3.65. The number of hydrazone groups is 1. The van der Waals surface area contributed by atoms with Gasteiger partial charge in [0, 0.05) is 4.90 Å². The van der Waals surface area contributed by atoms with Crippen LogP contribution in [0.3, 0.4) is 0 Å². The molecule has 2 aromatic carbocycles. The zero-order valence-electron chi connectivity index (χ0n) is 15.1. The van der Waals surface area contributed by atoms with Crippen LogP contribution in [0.2, 0.25) is 0 Å². The van der Waals surface area contributed by atoms with E-state index in [1.165, 1.54) is 4.90 Å². The number of aryl methyl sites for hydroxylation is 1. The van der Waals surface area contributed by atoms with Crippen LogP contribution >= 0.6 is 11.8 Å². The number of benzene rings is 2. The molecule has 0 aliphatic rings. The van der Waals surface area contributed by atoms with Crippen molar-refractivity contribution >= 4 is 23.9 Å². The zero-order chi connectivity index (χ0) is 18.2. The van der Waals surface area contributed by atoms with Gasteiger partial charge in [-0.3, -0.25) is 4.79 Å². The summed E-state index contributed by atoms with van der Waals surface area (Å²) in [5.41, 5.74) is 5.62. The van der Waals surface area contributed by atoms with E-state index < -0.39 is 0 Å². The fourth-order valence-corrected chi connectivity index (χ4v) is 2.70.